The molecular formula is C13H20O8. The Labute approximate surface area is 121 Å². The second-order valence-electron chi connectivity index (χ2n) is 5.28. The maximum absolute atomic E-state index is 11.2. The third kappa shape index (κ3) is 3.25. The summed E-state index contributed by atoms with van der Waals surface area (Å²) in [5, 5.41) is 38.4. The molecule has 1 saturated heterocycles. The average molecular weight is 304 g/mol. The van der Waals surface area contributed by atoms with Gasteiger partial charge in [-0.1, -0.05) is 0 Å². The summed E-state index contributed by atoms with van der Waals surface area (Å²) in [6.45, 7) is 2.77. The van der Waals surface area contributed by atoms with Gasteiger partial charge in [0.25, 0.3) is 0 Å². The van der Waals surface area contributed by atoms with Crippen LogP contribution in [0.25, 0.3) is 0 Å². The minimum absolute atomic E-state index is 0.478. The van der Waals surface area contributed by atoms with Crippen LogP contribution < -0.4 is 0 Å². The molecule has 0 aromatic heterocycles. The topological polar surface area (TPSA) is 126 Å². The zero-order valence-corrected chi connectivity index (χ0v) is 11.7. The van der Waals surface area contributed by atoms with Gasteiger partial charge in [-0.2, -0.15) is 0 Å². The number of rotatable bonds is 3. The Balaban J connectivity index is 2.11. The van der Waals surface area contributed by atoms with E-state index >= 15 is 0 Å². The summed E-state index contributed by atoms with van der Waals surface area (Å²) in [6, 6.07) is 0. The molecule has 0 aromatic carbocycles. The molecule has 0 saturated carbocycles. The number of esters is 1. The van der Waals surface area contributed by atoms with Crippen molar-refractivity contribution in [2.75, 3.05) is 6.61 Å². The Morgan fingerprint density at radius 3 is 2.48 bits per heavy atom. The van der Waals surface area contributed by atoms with Gasteiger partial charge < -0.3 is 34.6 Å². The number of ether oxygens (including phenoxy) is 3. The van der Waals surface area contributed by atoms with Crippen LogP contribution in [0.1, 0.15) is 13.8 Å². The smallest absolute Gasteiger partial charge is 0.331 e. The predicted molar refractivity (Wildman–Crippen MR) is 68.0 cm³/mol. The van der Waals surface area contributed by atoms with Crippen LogP contribution in [0.5, 0.6) is 0 Å². The Morgan fingerprint density at radius 1 is 1.24 bits per heavy atom. The van der Waals surface area contributed by atoms with Gasteiger partial charge in [0.1, 0.15) is 36.6 Å². The molecule has 21 heavy (non-hydrogen) atoms. The van der Waals surface area contributed by atoms with E-state index in [2.05, 4.69) is 0 Å². The van der Waals surface area contributed by atoms with Gasteiger partial charge in [-0.25, -0.2) is 4.79 Å². The standard InChI is InChI=1S/C13H20O8/c1-5-3-8(15)19-6(2)12(5)21-13-11(18)10(17)9(16)7(4-14)20-13/h3,6-7,9-14,16-18H,4H2,1-2H3. The van der Waals surface area contributed by atoms with E-state index in [0.29, 0.717) is 5.57 Å². The third-order valence-corrected chi connectivity index (χ3v) is 3.65. The van der Waals surface area contributed by atoms with E-state index in [1.165, 1.54) is 6.08 Å². The summed E-state index contributed by atoms with van der Waals surface area (Å²) in [5.41, 5.74) is 0.593. The lowest BCUT2D eigenvalue weighted by Gasteiger charge is -2.42. The Kier molecular flexibility index (Phi) is 4.97. The van der Waals surface area contributed by atoms with E-state index in [4.69, 9.17) is 19.3 Å². The molecule has 1 fully saturated rings. The van der Waals surface area contributed by atoms with E-state index in [1.807, 2.05) is 0 Å². The zero-order valence-electron chi connectivity index (χ0n) is 11.7. The Hall–Kier alpha value is -1.03. The number of carbonyl (C=O) groups excluding carboxylic acids is 1. The van der Waals surface area contributed by atoms with Gasteiger partial charge in [0, 0.05) is 6.08 Å². The molecular weight excluding hydrogens is 284 g/mol. The van der Waals surface area contributed by atoms with Crippen molar-refractivity contribution in [3.63, 3.8) is 0 Å². The van der Waals surface area contributed by atoms with E-state index in [0.717, 1.165) is 0 Å². The van der Waals surface area contributed by atoms with Gasteiger partial charge in [-0.15, -0.1) is 0 Å². The second kappa shape index (κ2) is 6.39. The lowest BCUT2D eigenvalue weighted by atomic mass is 9.98. The first-order valence-corrected chi connectivity index (χ1v) is 6.70. The largest absolute Gasteiger partial charge is 0.456 e. The molecule has 8 heteroatoms. The number of carbonyl (C=O) groups is 1. The molecule has 0 spiro atoms. The van der Waals surface area contributed by atoms with E-state index < -0.39 is 55.5 Å². The molecule has 120 valence electrons. The predicted octanol–water partition coefficient (Wildman–Crippen LogP) is -1.94. The molecule has 2 aliphatic heterocycles. The van der Waals surface area contributed by atoms with E-state index in [-0.39, 0.29) is 0 Å². The molecule has 0 radical (unpaired) electrons. The maximum Gasteiger partial charge on any atom is 0.331 e. The SMILES string of the molecule is CC1=CC(=O)OC(C)C1OC1OC(CO)C(O)C(O)C1O. The molecule has 2 aliphatic rings. The van der Waals surface area contributed by atoms with Crippen LogP contribution in [0.15, 0.2) is 11.6 Å². The number of cyclic esters (lactones) is 1. The first-order chi connectivity index (χ1) is 9.85. The number of aliphatic hydroxyl groups is 4. The molecule has 8 nitrogen and oxygen atoms in total. The summed E-state index contributed by atoms with van der Waals surface area (Å²) < 4.78 is 15.8. The minimum atomic E-state index is -1.51. The first kappa shape index (κ1) is 16.3. The van der Waals surface area contributed by atoms with E-state index in [9.17, 15) is 20.1 Å². The van der Waals surface area contributed by atoms with Crippen molar-refractivity contribution in [2.45, 2.75) is 56.8 Å². The lowest BCUT2D eigenvalue weighted by molar-refractivity contribution is -0.313. The maximum atomic E-state index is 11.2. The number of aliphatic hydroxyl groups excluding tert-OH is 4. The minimum Gasteiger partial charge on any atom is -0.456 e. The van der Waals surface area contributed by atoms with Crippen LogP contribution >= 0.6 is 0 Å². The van der Waals surface area contributed by atoms with Gasteiger partial charge >= 0.3 is 5.97 Å². The molecule has 0 amide bonds. The van der Waals surface area contributed by atoms with Crippen LogP contribution in [0.4, 0.5) is 0 Å². The fraction of sp³-hybridized carbons (Fsp3) is 0.769. The van der Waals surface area contributed by atoms with E-state index in [1.54, 1.807) is 13.8 Å². The van der Waals surface area contributed by atoms with Crippen molar-refractivity contribution in [3.8, 4) is 0 Å². The van der Waals surface area contributed by atoms with Gasteiger partial charge in [0.2, 0.25) is 0 Å². The number of hydrogen-bond donors (Lipinski definition) is 4. The second-order valence-corrected chi connectivity index (χ2v) is 5.28. The molecule has 0 aromatic rings. The van der Waals surface area contributed by atoms with Crippen molar-refractivity contribution in [2.24, 2.45) is 0 Å². The summed E-state index contributed by atoms with van der Waals surface area (Å²) >= 11 is 0. The van der Waals surface area contributed by atoms with Crippen molar-refractivity contribution in [1.29, 1.82) is 0 Å². The molecule has 0 aliphatic carbocycles. The van der Waals surface area contributed by atoms with Crippen LogP contribution in [-0.4, -0.2) is 75.9 Å². The van der Waals surface area contributed by atoms with Crippen molar-refractivity contribution >= 4 is 5.97 Å². The normalized spacial score (nSPS) is 44.2. The fourth-order valence-corrected chi connectivity index (χ4v) is 2.46. The molecule has 7 atom stereocenters. The van der Waals surface area contributed by atoms with Crippen molar-refractivity contribution < 1.29 is 39.4 Å². The molecule has 4 N–H and O–H groups in total. The van der Waals surface area contributed by atoms with Crippen LogP contribution in [-0.2, 0) is 19.0 Å². The monoisotopic (exact) mass is 304 g/mol. The van der Waals surface area contributed by atoms with Crippen LogP contribution in [0, 0.1) is 0 Å². The summed E-state index contributed by atoms with van der Waals surface area (Å²) in [6.07, 6.45) is -6.70. The molecule has 2 heterocycles. The Bertz CT molecular complexity index is 420. The summed E-state index contributed by atoms with van der Waals surface area (Å²) in [7, 11) is 0. The quantitative estimate of drug-likeness (QED) is 0.444. The lowest BCUT2D eigenvalue weighted by Crippen LogP contribution is -2.60. The molecule has 0 bridgehead atoms. The average Bonchev–Trinajstić information content (AvgIpc) is 2.42. The van der Waals surface area contributed by atoms with Gasteiger partial charge in [-0.3, -0.25) is 0 Å². The number of hydrogen-bond acceptors (Lipinski definition) is 8. The van der Waals surface area contributed by atoms with Gasteiger partial charge in [0.05, 0.1) is 6.61 Å². The van der Waals surface area contributed by atoms with Crippen LogP contribution in [0.3, 0.4) is 0 Å². The fourth-order valence-electron chi connectivity index (χ4n) is 2.46. The molecule has 2 rings (SSSR count). The highest BCUT2D eigenvalue weighted by atomic mass is 16.7. The molecule has 7 unspecified atom stereocenters. The first-order valence-electron chi connectivity index (χ1n) is 6.70. The summed E-state index contributed by atoms with van der Waals surface area (Å²) in [4.78, 5) is 11.2. The highest BCUT2D eigenvalue weighted by Gasteiger charge is 2.45. The van der Waals surface area contributed by atoms with Gasteiger partial charge in [-0.05, 0) is 19.4 Å². The summed E-state index contributed by atoms with van der Waals surface area (Å²) in [5.74, 6) is -0.478. The highest BCUT2D eigenvalue weighted by molar-refractivity contribution is 5.84. The Morgan fingerprint density at radius 2 is 1.90 bits per heavy atom. The van der Waals surface area contributed by atoms with Crippen molar-refractivity contribution in [1.82, 2.24) is 0 Å². The third-order valence-electron chi connectivity index (χ3n) is 3.65. The van der Waals surface area contributed by atoms with Crippen LogP contribution in [0.2, 0.25) is 0 Å². The van der Waals surface area contributed by atoms with Crippen molar-refractivity contribution in [3.05, 3.63) is 11.6 Å². The zero-order chi connectivity index (χ0) is 15.7. The highest BCUT2D eigenvalue weighted by Crippen LogP contribution is 2.27. The van der Waals surface area contributed by atoms with Gasteiger partial charge in [0.15, 0.2) is 6.29 Å².